The maximum absolute atomic E-state index is 14.4. The number of nitro benzene ring substituents is 1. The Morgan fingerprint density at radius 1 is 1.18 bits per heavy atom. The Bertz CT molecular complexity index is 863. The smallest absolute Gasteiger partial charge is 0.269 e. The van der Waals surface area contributed by atoms with Crippen LogP contribution in [0, 0.1) is 21.7 Å². The van der Waals surface area contributed by atoms with Gasteiger partial charge in [-0.2, -0.15) is 0 Å². The Hall–Kier alpha value is -2.68. The van der Waals surface area contributed by atoms with Crippen LogP contribution in [0.25, 0.3) is 0 Å². The van der Waals surface area contributed by atoms with E-state index in [-0.39, 0.29) is 17.1 Å². The molecule has 0 aliphatic carbocycles. The molecule has 0 aromatic heterocycles. The van der Waals surface area contributed by atoms with Crippen LogP contribution in [0.2, 0.25) is 0 Å². The highest BCUT2D eigenvalue weighted by Gasteiger charge is 2.22. The van der Waals surface area contributed by atoms with Crippen LogP contribution in [0.3, 0.4) is 0 Å². The van der Waals surface area contributed by atoms with E-state index in [1.165, 1.54) is 23.9 Å². The normalized spacial score (nSPS) is 14.8. The van der Waals surface area contributed by atoms with Gasteiger partial charge in [0.05, 0.1) is 10.2 Å². The van der Waals surface area contributed by atoms with Crippen LogP contribution in [-0.2, 0) is 4.79 Å². The first kappa shape index (κ1) is 20.1. The predicted molar refractivity (Wildman–Crippen MR) is 105 cm³/mol. The molecule has 0 saturated carbocycles. The molecule has 28 heavy (non-hydrogen) atoms. The van der Waals surface area contributed by atoms with E-state index in [1.54, 1.807) is 24.0 Å². The number of hydrogen-bond donors (Lipinski definition) is 1. The van der Waals surface area contributed by atoms with Crippen LogP contribution >= 0.6 is 11.8 Å². The van der Waals surface area contributed by atoms with Crippen molar-refractivity contribution in [2.75, 3.05) is 23.3 Å². The predicted octanol–water partition coefficient (Wildman–Crippen LogP) is 4.59. The number of non-ortho nitro benzene ring substituents is 1. The molecule has 1 heterocycles. The summed E-state index contributed by atoms with van der Waals surface area (Å²) in [6.45, 7) is 2.87. The summed E-state index contributed by atoms with van der Waals surface area (Å²) in [5.74, 6) is -1.82. The quantitative estimate of drug-likeness (QED) is 0.431. The number of carbonyl (C=O) groups excluding carboxylic acids is 1. The van der Waals surface area contributed by atoms with Crippen molar-refractivity contribution in [3.8, 4) is 0 Å². The fraction of sp³-hybridized carbons (Fsp3) is 0.316. The summed E-state index contributed by atoms with van der Waals surface area (Å²) in [6, 6.07) is 8.06. The number of nitrogens with zero attached hydrogens (tertiary/aromatic N) is 2. The van der Waals surface area contributed by atoms with Gasteiger partial charge in [0.2, 0.25) is 5.91 Å². The van der Waals surface area contributed by atoms with Gasteiger partial charge in [-0.1, -0.05) is 0 Å². The van der Waals surface area contributed by atoms with Crippen LogP contribution in [0.1, 0.15) is 19.8 Å². The number of rotatable bonds is 6. The molecule has 2 aromatic rings. The first-order valence-corrected chi connectivity index (χ1v) is 9.69. The minimum Gasteiger partial charge on any atom is -0.367 e. The van der Waals surface area contributed by atoms with E-state index in [0.29, 0.717) is 18.0 Å². The zero-order chi connectivity index (χ0) is 20.3. The third kappa shape index (κ3) is 4.59. The number of nitrogens with one attached hydrogen (secondary N) is 1. The second-order valence-corrected chi connectivity index (χ2v) is 7.90. The van der Waals surface area contributed by atoms with Crippen molar-refractivity contribution >= 4 is 34.7 Å². The number of anilines is 2. The van der Waals surface area contributed by atoms with Crippen LogP contribution in [-0.4, -0.2) is 29.2 Å². The van der Waals surface area contributed by atoms with E-state index < -0.39 is 27.7 Å². The summed E-state index contributed by atoms with van der Waals surface area (Å²) in [4.78, 5) is 24.9. The average molecular weight is 407 g/mol. The number of hydrogen-bond acceptors (Lipinski definition) is 5. The molecule has 1 aliphatic rings. The highest BCUT2D eigenvalue weighted by Crippen LogP contribution is 2.31. The molecule has 1 saturated heterocycles. The Morgan fingerprint density at radius 3 is 2.29 bits per heavy atom. The van der Waals surface area contributed by atoms with E-state index >= 15 is 0 Å². The summed E-state index contributed by atoms with van der Waals surface area (Å²) >= 11 is 1.19. The van der Waals surface area contributed by atoms with Gasteiger partial charge < -0.3 is 10.2 Å². The Balaban J connectivity index is 1.65. The molecule has 6 nitrogen and oxygen atoms in total. The number of halogens is 2. The number of nitro groups is 1. The molecule has 1 fully saturated rings. The SMILES string of the molecule is CC(Sc1ccc([N+](=O)[O-])cc1)C(=O)Nc1cc(F)c(N2CCCC2)c(F)c1. The van der Waals surface area contributed by atoms with Crippen molar-refractivity contribution in [1.29, 1.82) is 0 Å². The topological polar surface area (TPSA) is 75.5 Å². The zero-order valence-electron chi connectivity index (χ0n) is 15.2. The minimum atomic E-state index is -0.701. The number of benzene rings is 2. The highest BCUT2D eigenvalue weighted by atomic mass is 32.2. The summed E-state index contributed by atoms with van der Waals surface area (Å²) in [6.07, 6.45) is 1.80. The van der Waals surface area contributed by atoms with Crippen molar-refractivity contribution in [3.63, 3.8) is 0 Å². The summed E-state index contributed by atoms with van der Waals surface area (Å²) < 4.78 is 28.7. The molecule has 1 N–H and O–H groups in total. The molecule has 1 atom stereocenters. The van der Waals surface area contributed by atoms with E-state index in [9.17, 15) is 23.7 Å². The number of amides is 1. The van der Waals surface area contributed by atoms with Gasteiger partial charge in [0, 0.05) is 35.8 Å². The fourth-order valence-electron chi connectivity index (χ4n) is 3.03. The van der Waals surface area contributed by atoms with Crippen molar-refractivity contribution in [1.82, 2.24) is 0 Å². The second kappa shape index (κ2) is 8.55. The summed E-state index contributed by atoms with van der Waals surface area (Å²) in [5.41, 5.74) is -0.0339. The molecule has 9 heteroatoms. The maximum atomic E-state index is 14.4. The van der Waals surface area contributed by atoms with Crippen LogP contribution in [0.4, 0.5) is 25.8 Å². The van der Waals surface area contributed by atoms with E-state index in [1.807, 2.05) is 0 Å². The molecule has 0 spiro atoms. The molecule has 0 radical (unpaired) electrons. The molecule has 3 rings (SSSR count). The summed E-state index contributed by atoms with van der Waals surface area (Å²) in [5, 5.41) is 12.6. The number of thioether (sulfide) groups is 1. The lowest BCUT2D eigenvalue weighted by Gasteiger charge is -2.20. The van der Waals surface area contributed by atoms with Crippen molar-refractivity contribution in [3.05, 3.63) is 58.1 Å². The lowest BCUT2D eigenvalue weighted by atomic mass is 10.2. The Kier molecular flexibility index (Phi) is 6.13. The van der Waals surface area contributed by atoms with Crippen molar-refractivity contribution < 1.29 is 18.5 Å². The first-order chi connectivity index (χ1) is 13.3. The van der Waals surface area contributed by atoms with Crippen LogP contribution in [0.5, 0.6) is 0 Å². The third-order valence-corrected chi connectivity index (χ3v) is 5.55. The second-order valence-electron chi connectivity index (χ2n) is 6.48. The van der Waals surface area contributed by atoms with Gasteiger partial charge in [0.25, 0.3) is 5.69 Å². The standard InChI is InChI=1S/C19H19F2N3O3S/c1-12(28-15-6-4-14(5-7-15)24(26)27)19(25)22-13-10-16(20)18(17(21)11-13)23-8-2-3-9-23/h4-7,10-12H,2-3,8-9H2,1H3,(H,22,25). The van der Waals surface area contributed by atoms with Gasteiger partial charge in [-0.15, -0.1) is 11.8 Å². The molecule has 148 valence electrons. The monoisotopic (exact) mass is 407 g/mol. The van der Waals surface area contributed by atoms with Crippen LogP contribution in [0.15, 0.2) is 41.3 Å². The van der Waals surface area contributed by atoms with Crippen molar-refractivity contribution in [2.24, 2.45) is 0 Å². The lowest BCUT2D eigenvalue weighted by Crippen LogP contribution is -2.24. The van der Waals surface area contributed by atoms with Gasteiger partial charge in [-0.3, -0.25) is 14.9 Å². The van der Waals surface area contributed by atoms with E-state index in [4.69, 9.17) is 0 Å². The molecule has 1 unspecified atom stereocenters. The van der Waals surface area contributed by atoms with Crippen molar-refractivity contribution in [2.45, 2.75) is 29.9 Å². The van der Waals surface area contributed by atoms with E-state index in [0.717, 1.165) is 25.0 Å². The molecular formula is C19H19F2N3O3S. The van der Waals surface area contributed by atoms with Crippen LogP contribution < -0.4 is 10.2 Å². The molecule has 1 amide bonds. The lowest BCUT2D eigenvalue weighted by molar-refractivity contribution is -0.384. The number of carbonyl (C=O) groups is 1. The van der Waals surface area contributed by atoms with Gasteiger partial charge >= 0.3 is 0 Å². The Labute approximate surface area is 165 Å². The molecular weight excluding hydrogens is 388 g/mol. The maximum Gasteiger partial charge on any atom is 0.269 e. The first-order valence-electron chi connectivity index (χ1n) is 8.81. The van der Waals surface area contributed by atoms with E-state index in [2.05, 4.69) is 5.32 Å². The minimum absolute atomic E-state index is 0.0366. The molecule has 1 aliphatic heterocycles. The molecule has 0 bridgehead atoms. The average Bonchev–Trinajstić information content (AvgIpc) is 3.15. The van der Waals surface area contributed by atoms with Gasteiger partial charge in [-0.05, 0) is 44.0 Å². The van der Waals surface area contributed by atoms with Gasteiger partial charge in [-0.25, -0.2) is 8.78 Å². The molecule has 2 aromatic carbocycles. The van der Waals surface area contributed by atoms with Gasteiger partial charge in [0.1, 0.15) is 5.69 Å². The fourth-order valence-corrected chi connectivity index (χ4v) is 3.90. The third-order valence-electron chi connectivity index (χ3n) is 4.44. The van der Waals surface area contributed by atoms with Gasteiger partial charge in [0.15, 0.2) is 11.6 Å². The highest BCUT2D eigenvalue weighted by molar-refractivity contribution is 8.00. The summed E-state index contributed by atoms with van der Waals surface area (Å²) in [7, 11) is 0. The largest absolute Gasteiger partial charge is 0.367 e. The Morgan fingerprint density at radius 2 is 1.75 bits per heavy atom. The zero-order valence-corrected chi connectivity index (χ0v) is 16.0.